The van der Waals surface area contributed by atoms with Gasteiger partial charge in [0, 0.05) is 10.0 Å². The van der Waals surface area contributed by atoms with E-state index in [1.165, 1.54) is 12.1 Å². The Bertz CT molecular complexity index is 692. The van der Waals surface area contributed by atoms with Gasteiger partial charge >= 0.3 is 0 Å². The van der Waals surface area contributed by atoms with Gasteiger partial charge in [-0.1, -0.05) is 21.9 Å². The van der Waals surface area contributed by atoms with Crippen LogP contribution >= 0.6 is 15.9 Å². The molecule has 0 aliphatic carbocycles. The number of ether oxygens (including phenoxy) is 1. The standard InChI is InChI=1S/C16H11BrFNO2/c1-2-9-19-16(20)11-3-8-15(14(18)10-11)21-13-6-4-12(17)5-7-13/h1,3-8,10H,9H2,(H,19,20). The molecule has 5 heteroatoms. The molecular weight excluding hydrogens is 337 g/mol. The third-order valence-corrected chi connectivity index (χ3v) is 3.12. The summed E-state index contributed by atoms with van der Waals surface area (Å²) in [5, 5.41) is 2.46. The minimum atomic E-state index is -0.619. The molecule has 0 bridgehead atoms. The lowest BCUT2D eigenvalue weighted by molar-refractivity contribution is 0.0958. The fraction of sp³-hybridized carbons (Fsp3) is 0.0625. The van der Waals surface area contributed by atoms with E-state index < -0.39 is 11.7 Å². The predicted molar refractivity (Wildman–Crippen MR) is 81.8 cm³/mol. The molecule has 0 saturated carbocycles. The van der Waals surface area contributed by atoms with E-state index in [0.29, 0.717) is 5.75 Å². The van der Waals surface area contributed by atoms with Crippen LogP contribution < -0.4 is 10.1 Å². The topological polar surface area (TPSA) is 38.3 Å². The first-order chi connectivity index (χ1) is 10.1. The van der Waals surface area contributed by atoms with Gasteiger partial charge in [-0.05, 0) is 42.5 Å². The average molecular weight is 348 g/mol. The highest BCUT2D eigenvalue weighted by Gasteiger charge is 2.10. The van der Waals surface area contributed by atoms with Crippen LogP contribution in [0.2, 0.25) is 0 Å². The van der Waals surface area contributed by atoms with E-state index in [-0.39, 0.29) is 17.9 Å². The molecule has 1 amide bonds. The third kappa shape index (κ3) is 4.07. The highest BCUT2D eigenvalue weighted by molar-refractivity contribution is 9.10. The maximum absolute atomic E-state index is 13.9. The molecule has 106 valence electrons. The van der Waals surface area contributed by atoms with Gasteiger partial charge in [0.05, 0.1) is 6.54 Å². The van der Waals surface area contributed by atoms with Crippen LogP contribution in [0, 0.1) is 18.2 Å². The molecule has 0 spiro atoms. The fourth-order valence-corrected chi connectivity index (χ4v) is 1.85. The lowest BCUT2D eigenvalue weighted by Gasteiger charge is -2.08. The van der Waals surface area contributed by atoms with Crippen LogP contribution in [0.25, 0.3) is 0 Å². The molecule has 0 atom stereocenters. The fourth-order valence-electron chi connectivity index (χ4n) is 1.59. The highest BCUT2D eigenvalue weighted by Crippen LogP contribution is 2.26. The molecule has 21 heavy (non-hydrogen) atoms. The van der Waals surface area contributed by atoms with Gasteiger partial charge in [0.15, 0.2) is 11.6 Å². The van der Waals surface area contributed by atoms with Crippen molar-refractivity contribution in [2.45, 2.75) is 0 Å². The molecule has 0 radical (unpaired) electrons. The molecule has 0 fully saturated rings. The minimum Gasteiger partial charge on any atom is -0.454 e. The number of terminal acetylenes is 1. The van der Waals surface area contributed by atoms with E-state index in [9.17, 15) is 9.18 Å². The Kier molecular flexibility index (Phi) is 4.96. The van der Waals surface area contributed by atoms with E-state index in [4.69, 9.17) is 11.2 Å². The van der Waals surface area contributed by atoms with Crippen LogP contribution in [0.5, 0.6) is 11.5 Å². The van der Waals surface area contributed by atoms with Crippen molar-refractivity contribution in [3.8, 4) is 23.8 Å². The summed E-state index contributed by atoms with van der Waals surface area (Å²) in [5.41, 5.74) is 0.186. The molecule has 1 N–H and O–H groups in total. The lowest BCUT2D eigenvalue weighted by Crippen LogP contribution is -2.23. The number of hydrogen-bond donors (Lipinski definition) is 1. The largest absolute Gasteiger partial charge is 0.454 e. The molecule has 3 nitrogen and oxygen atoms in total. The van der Waals surface area contributed by atoms with Crippen molar-refractivity contribution in [3.05, 3.63) is 58.3 Å². The van der Waals surface area contributed by atoms with Gasteiger partial charge in [0.25, 0.3) is 5.91 Å². The van der Waals surface area contributed by atoms with Crippen LogP contribution in [-0.2, 0) is 0 Å². The van der Waals surface area contributed by atoms with Crippen LogP contribution in [0.1, 0.15) is 10.4 Å². The summed E-state index contributed by atoms with van der Waals surface area (Å²) in [7, 11) is 0. The molecule has 2 aromatic carbocycles. The van der Waals surface area contributed by atoms with Crippen LogP contribution in [0.15, 0.2) is 46.9 Å². The van der Waals surface area contributed by atoms with Crippen molar-refractivity contribution in [3.63, 3.8) is 0 Å². The van der Waals surface area contributed by atoms with Crippen molar-refractivity contribution in [1.29, 1.82) is 0 Å². The van der Waals surface area contributed by atoms with Crippen molar-refractivity contribution in [2.24, 2.45) is 0 Å². The molecule has 0 saturated heterocycles. The monoisotopic (exact) mass is 347 g/mol. The number of halogens is 2. The first-order valence-electron chi connectivity index (χ1n) is 6.05. The Hall–Kier alpha value is -2.32. The Morgan fingerprint density at radius 2 is 2.00 bits per heavy atom. The SMILES string of the molecule is C#CCNC(=O)c1ccc(Oc2ccc(Br)cc2)c(F)c1. The lowest BCUT2D eigenvalue weighted by atomic mass is 10.2. The second-order valence-electron chi connectivity index (χ2n) is 4.09. The smallest absolute Gasteiger partial charge is 0.252 e. The molecule has 2 rings (SSSR count). The van der Waals surface area contributed by atoms with Gasteiger partial charge in [-0.2, -0.15) is 0 Å². The summed E-state index contributed by atoms with van der Waals surface area (Å²) in [6, 6.07) is 11.0. The zero-order chi connectivity index (χ0) is 15.2. The Morgan fingerprint density at radius 3 is 2.62 bits per heavy atom. The summed E-state index contributed by atoms with van der Waals surface area (Å²) in [5.74, 6) is 1.78. The Balaban J connectivity index is 2.14. The summed E-state index contributed by atoms with van der Waals surface area (Å²) >= 11 is 3.30. The predicted octanol–water partition coefficient (Wildman–Crippen LogP) is 3.74. The zero-order valence-electron chi connectivity index (χ0n) is 10.9. The number of carbonyl (C=O) groups is 1. The molecule has 0 aromatic heterocycles. The highest BCUT2D eigenvalue weighted by atomic mass is 79.9. The van der Waals surface area contributed by atoms with E-state index >= 15 is 0 Å². The van der Waals surface area contributed by atoms with Crippen molar-refractivity contribution >= 4 is 21.8 Å². The quantitative estimate of drug-likeness (QED) is 0.855. The van der Waals surface area contributed by atoms with Crippen LogP contribution in [-0.4, -0.2) is 12.5 Å². The molecule has 0 aliphatic heterocycles. The van der Waals surface area contributed by atoms with E-state index in [0.717, 1.165) is 10.5 Å². The number of amides is 1. The number of hydrogen-bond acceptors (Lipinski definition) is 2. The number of benzene rings is 2. The van der Waals surface area contributed by atoms with E-state index in [1.54, 1.807) is 24.3 Å². The Morgan fingerprint density at radius 1 is 1.29 bits per heavy atom. The molecule has 0 unspecified atom stereocenters. The van der Waals surface area contributed by atoms with Gasteiger partial charge in [-0.3, -0.25) is 4.79 Å². The first-order valence-corrected chi connectivity index (χ1v) is 6.84. The second-order valence-corrected chi connectivity index (χ2v) is 5.00. The summed E-state index contributed by atoms with van der Waals surface area (Å²) in [6.07, 6.45) is 5.04. The van der Waals surface area contributed by atoms with Gasteiger partial charge in [0.2, 0.25) is 0 Å². The van der Waals surface area contributed by atoms with Gasteiger partial charge < -0.3 is 10.1 Å². The second kappa shape index (κ2) is 6.91. The Labute approximate surface area is 130 Å². The summed E-state index contributed by atoms with van der Waals surface area (Å²) in [4.78, 5) is 11.6. The van der Waals surface area contributed by atoms with Crippen molar-refractivity contribution in [1.82, 2.24) is 5.32 Å². The molecule has 0 aliphatic rings. The van der Waals surface area contributed by atoms with E-state index in [1.807, 2.05) is 0 Å². The first kappa shape index (κ1) is 15.1. The summed E-state index contributed by atoms with van der Waals surface area (Å²) < 4.78 is 20.3. The van der Waals surface area contributed by atoms with Gasteiger partial charge in [0.1, 0.15) is 5.75 Å². The number of nitrogens with one attached hydrogen (secondary N) is 1. The van der Waals surface area contributed by atoms with Crippen LogP contribution in [0.3, 0.4) is 0 Å². The third-order valence-electron chi connectivity index (χ3n) is 2.59. The van der Waals surface area contributed by atoms with Crippen molar-refractivity contribution in [2.75, 3.05) is 6.54 Å². The summed E-state index contributed by atoms with van der Waals surface area (Å²) in [6.45, 7) is 0.0948. The maximum Gasteiger partial charge on any atom is 0.252 e. The average Bonchev–Trinajstić information content (AvgIpc) is 2.49. The van der Waals surface area contributed by atoms with Crippen molar-refractivity contribution < 1.29 is 13.9 Å². The molecular formula is C16H11BrFNO2. The maximum atomic E-state index is 13.9. The normalized spacial score (nSPS) is 9.76. The van der Waals surface area contributed by atoms with Gasteiger partial charge in [-0.25, -0.2) is 4.39 Å². The molecule has 0 heterocycles. The van der Waals surface area contributed by atoms with Gasteiger partial charge in [-0.15, -0.1) is 6.42 Å². The molecule has 2 aromatic rings. The number of rotatable bonds is 4. The zero-order valence-corrected chi connectivity index (χ0v) is 12.5. The van der Waals surface area contributed by atoms with Crippen LogP contribution in [0.4, 0.5) is 4.39 Å². The number of carbonyl (C=O) groups excluding carboxylic acids is 1. The van der Waals surface area contributed by atoms with E-state index in [2.05, 4.69) is 27.2 Å². The minimum absolute atomic E-state index is 0.0471.